The minimum Gasteiger partial charge on any atom is -0.504 e. The molecule has 62 heavy (non-hydrogen) atoms. The van der Waals surface area contributed by atoms with Gasteiger partial charge in [0.1, 0.15) is 5.56 Å². The third kappa shape index (κ3) is 9.69. The molecule has 6 aromatic rings. The lowest BCUT2D eigenvalue weighted by atomic mass is 10.1. The summed E-state index contributed by atoms with van der Waals surface area (Å²) in [4.78, 5) is 86.9. The number of phenolic OH excluding ortho intramolecular Hbond substituents is 1. The molecule has 0 aliphatic heterocycles. The Morgan fingerprint density at radius 1 is 0.629 bits per heavy atom. The van der Waals surface area contributed by atoms with Crippen LogP contribution in [0.4, 0.5) is 22.7 Å². The highest BCUT2D eigenvalue weighted by molar-refractivity contribution is 6.11. The molecule has 0 aliphatic rings. The number of benzene rings is 5. The minimum absolute atomic E-state index is 0.00219. The Labute approximate surface area is 349 Å². The van der Waals surface area contributed by atoms with Crippen molar-refractivity contribution in [2.75, 3.05) is 42.0 Å². The first-order chi connectivity index (χ1) is 29.6. The van der Waals surface area contributed by atoms with Crippen molar-refractivity contribution in [3.05, 3.63) is 135 Å². The highest BCUT2D eigenvalue weighted by Gasteiger charge is 2.24. The first-order valence-electron chi connectivity index (χ1n) is 18.1. The van der Waals surface area contributed by atoms with Gasteiger partial charge in [-0.15, -0.1) is 0 Å². The topological polar surface area (TPSA) is 285 Å². The summed E-state index contributed by atoms with van der Waals surface area (Å²) < 4.78 is 20.2. The normalized spacial score (nSPS) is 11.0. The number of aromatic hydroxyl groups is 2. The highest BCUT2D eigenvalue weighted by atomic mass is 16.6. The molecule has 0 radical (unpaired) electrons. The van der Waals surface area contributed by atoms with Crippen molar-refractivity contribution in [3.63, 3.8) is 0 Å². The van der Waals surface area contributed by atoms with Crippen molar-refractivity contribution in [1.82, 2.24) is 5.32 Å². The molecule has 0 unspecified atom stereocenters. The molecule has 0 atom stereocenters. The number of carboxylic acids is 1. The Kier molecular flexibility index (Phi) is 12.7. The number of methoxy groups -OCH3 is 2. The van der Waals surface area contributed by atoms with Crippen LogP contribution in [0.15, 0.2) is 110 Å². The Balaban J connectivity index is 0.989. The SMILES string of the molecule is COc1c(NC(=O)c2ccc(NC(=O)c3ccc(NC(=O)CNC(=O)c4ccc(NC(=O)/C(C)=C/c5ccc6oc(=O)oc6c5)cc4)cc3)c(OC)c2O)ccc(C(=O)O)c1O. The number of carboxylic acid groups (broad SMARTS) is 1. The van der Waals surface area contributed by atoms with Gasteiger partial charge in [0.15, 0.2) is 34.2 Å². The van der Waals surface area contributed by atoms with Crippen molar-refractivity contribution in [3.8, 4) is 23.0 Å². The lowest BCUT2D eigenvalue weighted by Crippen LogP contribution is -2.32. The van der Waals surface area contributed by atoms with E-state index in [0.29, 0.717) is 22.5 Å². The molecule has 19 nitrogen and oxygen atoms in total. The summed E-state index contributed by atoms with van der Waals surface area (Å²) in [5, 5.41) is 43.3. The molecule has 6 rings (SSSR count). The van der Waals surface area contributed by atoms with Crippen LogP contribution in [-0.4, -0.2) is 71.6 Å². The fourth-order valence-electron chi connectivity index (χ4n) is 5.89. The fourth-order valence-corrected chi connectivity index (χ4v) is 5.89. The van der Waals surface area contributed by atoms with Crippen molar-refractivity contribution in [1.29, 1.82) is 0 Å². The van der Waals surface area contributed by atoms with Crippen molar-refractivity contribution in [2.24, 2.45) is 0 Å². The van der Waals surface area contributed by atoms with Crippen LogP contribution in [-0.2, 0) is 9.59 Å². The summed E-state index contributed by atoms with van der Waals surface area (Å²) in [5.74, 6) is -7.22. The van der Waals surface area contributed by atoms with Gasteiger partial charge in [-0.1, -0.05) is 6.07 Å². The summed E-state index contributed by atoms with van der Waals surface area (Å²) in [5.41, 5.74) is 1.76. The smallest absolute Gasteiger partial charge is 0.504 e. The largest absolute Gasteiger partial charge is 0.519 e. The first kappa shape index (κ1) is 42.7. The van der Waals surface area contributed by atoms with Crippen LogP contribution in [0.2, 0.25) is 0 Å². The van der Waals surface area contributed by atoms with E-state index in [4.69, 9.17) is 18.3 Å². The average molecular weight is 846 g/mol. The summed E-state index contributed by atoms with van der Waals surface area (Å²) in [7, 11) is 2.37. The zero-order valence-electron chi connectivity index (χ0n) is 32.8. The monoisotopic (exact) mass is 845 g/mol. The molecule has 0 bridgehead atoms. The van der Waals surface area contributed by atoms with E-state index >= 15 is 0 Å². The maximum Gasteiger partial charge on any atom is 0.519 e. The number of phenols is 2. The van der Waals surface area contributed by atoms with Gasteiger partial charge >= 0.3 is 11.8 Å². The molecular formula is C43H35N5O14. The van der Waals surface area contributed by atoms with Crippen LogP contribution in [0, 0.1) is 0 Å². The number of amides is 5. The molecule has 0 fully saturated rings. The van der Waals surface area contributed by atoms with Gasteiger partial charge in [-0.3, -0.25) is 24.0 Å². The predicted molar refractivity (Wildman–Crippen MR) is 223 cm³/mol. The number of carbonyl (C=O) groups is 6. The van der Waals surface area contributed by atoms with Crippen LogP contribution in [0.1, 0.15) is 53.9 Å². The van der Waals surface area contributed by atoms with Gasteiger partial charge in [0, 0.05) is 28.1 Å². The number of nitrogens with one attached hydrogen (secondary N) is 5. The number of anilines is 4. The number of carbonyl (C=O) groups excluding carboxylic acids is 5. The molecule has 0 aliphatic carbocycles. The van der Waals surface area contributed by atoms with Crippen LogP contribution >= 0.6 is 0 Å². The molecule has 316 valence electrons. The Morgan fingerprint density at radius 3 is 1.76 bits per heavy atom. The Hall–Kier alpha value is -8.87. The van der Waals surface area contributed by atoms with E-state index < -0.39 is 58.4 Å². The second kappa shape index (κ2) is 18.4. The zero-order chi connectivity index (χ0) is 44.7. The number of aromatic carboxylic acids is 1. The van der Waals surface area contributed by atoms with Gasteiger partial charge < -0.3 is 60.2 Å². The van der Waals surface area contributed by atoms with E-state index in [2.05, 4.69) is 26.6 Å². The number of hydrogen-bond donors (Lipinski definition) is 8. The second-order valence-corrected chi connectivity index (χ2v) is 13.1. The van der Waals surface area contributed by atoms with Crippen molar-refractivity contribution >= 4 is 75.5 Å². The third-order valence-electron chi connectivity index (χ3n) is 8.98. The quantitative estimate of drug-likeness (QED) is 0.0635. The van der Waals surface area contributed by atoms with Gasteiger partial charge in [-0.05, 0) is 103 Å². The lowest BCUT2D eigenvalue weighted by molar-refractivity contribution is -0.115. The van der Waals surface area contributed by atoms with Gasteiger partial charge in [0.25, 0.3) is 23.6 Å². The van der Waals surface area contributed by atoms with E-state index in [9.17, 15) is 48.9 Å². The molecule has 5 amide bonds. The first-order valence-corrected chi connectivity index (χ1v) is 18.1. The molecule has 1 heterocycles. The molecule has 1 aromatic heterocycles. The van der Waals surface area contributed by atoms with Crippen LogP contribution < -0.4 is 41.9 Å². The maximum absolute atomic E-state index is 13.1. The fraction of sp³-hybridized carbons (Fsp3) is 0.0930. The third-order valence-corrected chi connectivity index (χ3v) is 8.98. The van der Waals surface area contributed by atoms with Crippen LogP contribution in [0.5, 0.6) is 23.0 Å². The van der Waals surface area contributed by atoms with Crippen molar-refractivity contribution in [2.45, 2.75) is 6.92 Å². The number of hydrogen-bond acceptors (Lipinski definition) is 13. The highest BCUT2D eigenvalue weighted by Crippen LogP contribution is 2.40. The number of rotatable bonds is 14. The lowest BCUT2D eigenvalue weighted by Gasteiger charge is -2.16. The molecule has 5 aromatic carbocycles. The summed E-state index contributed by atoms with van der Waals surface area (Å²) in [6, 6.07) is 21.3. The summed E-state index contributed by atoms with van der Waals surface area (Å²) >= 11 is 0. The summed E-state index contributed by atoms with van der Waals surface area (Å²) in [6.45, 7) is 1.22. The standard InChI is InChI=1S/C43H35N5O14/c1-21(18-22-4-17-31-32(19-22)62-43(58)61-31)38(52)46-26-11-5-23(6-12-26)39(53)44-20-33(49)45-25-9-7-24(8-10-25)40(54)47-29-15-13-27(34(50)36(29)59-2)41(55)48-30-16-14-28(42(56)57)35(51)37(30)60-3/h4-19,50-51H,20H2,1-3H3,(H,44,53)(H,45,49)(H,46,52)(H,47,54)(H,48,55)(H,56,57)/b21-18+. The maximum atomic E-state index is 13.1. The van der Waals surface area contributed by atoms with E-state index in [1.807, 2.05) is 0 Å². The van der Waals surface area contributed by atoms with E-state index in [0.717, 1.165) is 13.2 Å². The molecule has 0 saturated heterocycles. The molecule has 19 heteroatoms. The number of fused-ring (bicyclic) bond motifs is 1. The predicted octanol–water partition coefficient (Wildman–Crippen LogP) is 5.43. The molecule has 8 N–H and O–H groups in total. The summed E-state index contributed by atoms with van der Waals surface area (Å²) in [6.07, 6.45) is 1.60. The van der Waals surface area contributed by atoms with E-state index in [1.54, 1.807) is 31.2 Å². The Morgan fingerprint density at radius 2 is 1.16 bits per heavy atom. The molecule has 0 spiro atoms. The average Bonchev–Trinajstić information content (AvgIpc) is 3.62. The van der Waals surface area contributed by atoms with Gasteiger partial charge in [0.2, 0.25) is 5.91 Å². The van der Waals surface area contributed by atoms with Gasteiger partial charge in [-0.2, -0.15) is 0 Å². The van der Waals surface area contributed by atoms with Gasteiger partial charge in [0.05, 0.1) is 37.7 Å². The molecular weight excluding hydrogens is 810 g/mol. The minimum atomic E-state index is -1.42. The van der Waals surface area contributed by atoms with Gasteiger partial charge in [-0.25, -0.2) is 9.59 Å². The number of ether oxygens (including phenoxy) is 2. The van der Waals surface area contributed by atoms with Crippen LogP contribution in [0.3, 0.4) is 0 Å². The van der Waals surface area contributed by atoms with Crippen molar-refractivity contribution < 1.29 is 62.4 Å². The zero-order valence-corrected chi connectivity index (χ0v) is 32.8. The molecule has 0 saturated carbocycles. The van der Waals surface area contributed by atoms with E-state index in [-0.39, 0.29) is 57.3 Å². The Bertz CT molecular complexity index is 2840. The van der Waals surface area contributed by atoms with Crippen LogP contribution in [0.25, 0.3) is 17.2 Å². The van der Waals surface area contributed by atoms with E-state index in [1.165, 1.54) is 73.8 Å². The second-order valence-electron chi connectivity index (χ2n) is 13.1.